The predicted molar refractivity (Wildman–Crippen MR) is 120 cm³/mol. The molecule has 0 radical (unpaired) electrons. The first kappa shape index (κ1) is 22.1. The third-order valence-electron chi connectivity index (χ3n) is 5.12. The predicted octanol–water partition coefficient (Wildman–Crippen LogP) is 2.19. The molecule has 1 atom stereocenters. The lowest BCUT2D eigenvalue weighted by atomic mass is 10.2. The molecule has 11 nitrogen and oxygen atoms in total. The number of rotatable bonds is 4. The molecule has 1 fully saturated rings. The van der Waals surface area contributed by atoms with Crippen molar-refractivity contribution in [1.82, 2.24) is 34.8 Å². The molecule has 0 spiro atoms. The maximum absolute atomic E-state index is 10.6. The van der Waals surface area contributed by atoms with E-state index in [1.165, 1.54) is 11.2 Å². The Kier molecular flexibility index (Phi) is 6.41. The van der Waals surface area contributed by atoms with Crippen molar-refractivity contribution in [1.29, 1.82) is 0 Å². The van der Waals surface area contributed by atoms with Crippen LogP contribution in [0.25, 0.3) is 22.8 Å². The Morgan fingerprint density at radius 1 is 1.09 bits per heavy atom. The van der Waals surface area contributed by atoms with Gasteiger partial charge in [0.15, 0.2) is 5.82 Å². The summed E-state index contributed by atoms with van der Waals surface area (Å²) in [6, 6.07) is 11.2. The van der Waals surface area contributed by atoms with E-state index in [-0.39, 0.29) is 5.91 Å². The fourth-order valence-electron chi connectivity index (χ4n) is 3.17. The molecule has 5 heterocycles. The first-order chi connectivity index (χ1) is 15.9. The van der Waals surface area contributed by atoms with Gasteiger partial charge in [-0.05, 0) is 31.5 Å². The molecule has 2 N–H and O–H groups in total. The number of aryl methyl sites for hydroxylation is 2. The Morgan fingerprint density at radius 2 is 1.85 bits per heavy atom. The molecule has 5 rings (SSSR count). The number of likely N-dealkylation sites (N-methyl/N-ethyl adjacent to an activating group) is 1. The highest BCUT2D eigenvalue weighted by molar-refractivity contribution is 5.82. The van der Waals surface area contributed by atoms with E-state index < -0.39 is 6.10 Å². The molecule has 1 saturated heterocycles. The first-order valence-electron chi connectivity index (χ1n) is 10.3. The average molecular weight is 448 g/mol. The number of nitrogens with one attached hydrogen (secondary N) is 1. The van der Waals surface area contributed by atoms with Crippen LogP contribution in [0.3, 0.4) is 0 Å². The van der Waals surface area contributed by atoms with Crippen molar-refractivity contribution in [2.45, 2.75) is 19.4 Å². The molecule has 11 heteroatoms. The van der Waals surface area contributed by atoms with Gasteiger partial charge < -0.3 is 19.8 Å². The van der Waals surface area contributed by atoms with E-state index in [1.807, 2.05) is 44.3 Å². The number of carbonyl (C=O) groups excluding carboxylic acids is 1. The number of hydrogen-bond acceptors (Lipinski definition) is 9. The van der Waals surface area contributed by atoms with E-state index in [9.17, 15) is 4.79 Å². The van der Waals surface area contributed by atoms with Crippen LogP contribution < -0.4 is 5.32 Å². The number of hydrogen-bond donors (Lipinski definition) is 2. The van der Waals surface area contributed by atoms with Gasteiger partial charge in [-0.25, -0.2) is 15.0 Å². The van der Waals surface area contributed by atoms with Crippen molar-refractivity contribution in [2.24, 2.45) is 7.05 Å². The summed E-state index contributed by atoms with van der Waals surface area (Å²) in [7, 11) is 3.58. The summed E-state index contributed by atoms with van der Waals surface area (Å²) >= 11 is 0. The topological polar surface area (TPSA) is 135 Å². The van der Waals surface area contributed by atoms with E-state index in [1.54, 1.807) is 24.0 Å². The van der Waals surface area contributed by atoms with Gasteiger partial charge in [0.05, 0.1) is 17.1 Å². The second-order valence-corrected chi connectivity index (χ2v) is 7.54. The molecule has 0 saturated carbocycles. The summed E-state index contributed by atoms with van der Waals surface area (Å²) < 4.78 is 6.66. The number of anilines is 2. The third kappa shape index (κ3) is 5.21. The molecular weight excluding hydrogens is 424 g/mol. The SMILES string of the molecule is CN1CCC(O)C1=O.Cc1cc(Nc2nccc(-c3cccc(-c4ccon4)n3)n2)nn1C. The van der Waals surface area contributed by atoms with Crippen LogP contribution in [0.4, 0.5) is 11.8 Å². The summed E-state index contributed by atoms with van der Waals surface area (Å²) in [6.07, 6.45) is 3.07. The number of aliphatic hydroxyl groups excluding tert-OH is 1. The summed E-state index contributed by atoms with van der Waals surface area (Å²) in [4.78, 5) is 25.5. The van der Waals surface area contributed by atoms with Gasteiger partial charge in [-0.1, -0.05) is 11.2 Å². The van der Waals surface area contributed by atoms with E-state index in [0.29, 0.717) is 36.1 Å². The maximum Gasteiger partial charge on any atom is 0.251 e. The van der Waals surface area contributed by atoms with Crippen molar-refractivity contribution in [3.63, 3.8) is 0 Å². The van der Waals surface area contributed by atoms with E-state index in [0.717, 1.165) is 17.1 Å². The van der Waals surface area contributed by atoms with Crippen molar-refractivity contribution in [2.75, 3.05) is 18.9 Å². The Labute approximate surface area is 190 Å². The average Bonchev–Trinajstić information content (AvgIpc) is 3.54. The number of pyridine rings is 1. The number of carbonyl (C=O) groups is 1. The van der Waals surface area contributed by atoms with Crippen LogP contribution >= 0.6 is 0 Å². The zero-order chi connectivity index (χ0) is 23.4. The smallest absolute Gasteiger partial charge is 0.251 e. The highest BCUT2D eigenvalue weighted by atomic mass is 16.5. The lowest BCUT2D eigenvalue weighted by Gasteiger charge is -2.05. The van der Waals surface area contributed by atoms with Gasteiger partial charge in [0.2, 0.25) is 5.95 Å². The lowest BCUT2D eigenvalue weighted by molar-refractivity contribution is -0.133. The molecule has 170 valence electrons. The maximum atomic E-state index is 10.6. The molecule has 4 aromatic rings. The number of amides is 1. The molecule has 0 aliphatic carbocycles. The minimum absolute atomic E-state index is 0.148. The van der Waals surface area contributed by atoms with E-state index in [4.69, 9.17) is 9.63 Å². The second kappa shape index (κ2) is 9.57. The Balaban J connectivity index is 0.000000275. The molecule has 1 aliphatic heterocycles. The molecule has 1 unspecified atom stereocenters. The molecule has 1 aliphatic rings. The minimum Gasteiger partial charge on any atom is -0.383 e. The molecule has 33 heavy (non-hydrogen) atoms. The Morgan fingerprint density at radius 3 is 2.42 bits per heavy atom. The van der Waals surface area contributed by atoms with Crippen molar-refractivity contribution < 1.29 is 14.4 Å². The van der Waals surface area contributed by atoms with Crippen LogP contribution in [0.1, 0.15) is 12.1 Å². The Hall–Kier alpha value is -4.12. The van der Waals surface area contributed by atoms with Crippen LogP contribution in [0.5, 0.6) is 0 Å². The molecule has 0 bridgehead atoms. The zero-order valence-corrected chi connectivity index (χ0v) is 18.5. The summed E-state index contributed by atoms with van der Waals surface area (Å²) in [6.45, 7) is 2.68. The van der Waals surface area contributed by atoms with Gasteiger partial charge in [0.1, 0.15) is 18.1 Å². The minimum atomic E-state index is -0.722. The zero-order valence-electron chi connectivity index (χ0n) is 18.5. The van der Waals surface area contributed by atoms with E-state index in [2.05, 4.69) is 30.5 Å². The second-order valence-electron chi connectivity index (χ2n) is 7.54. The van der Waals surface area contributed by atoms with Gasteiger partial charge in [0, 0.05) is 44.7 Å². The lowest BCUT2D eigenvalue weighted by Crippen LogP contribution is -2.24. The van der Waals surface area contributed by atoms with Crippen LogP contribution in [0.15, 0.2) is 53.4 Å². The highest BCUT2D eigenvalue weighted by Crippen LogP contribution is 2.21. The summed E-state index contributed by atoms with van der Waals surface area (Å²) in [5, 5.41) is 20.1. The molecule has 1 amide bonds. The Bertz CT molecular complexity index is 1210. The number of nitrogens with zero attached hydrogens (tertiary/aromatic N) is 7. The van der Waals surface area contributed by atoms with Crippen LogP contribution in [0.2, 0.25) is 0 Å². The fraction of sp³-hybridized carbons (Fsp3) is 0.273. The summed E-state index contributed by atoms with van der Waals surface area (Å²) in [5.74, 6) is 1.01. The quantitative estimate of drug-likeness (QED) is 0.481. The van der Waals surface area contributed by atoms with Gasteiger partial charge in [0.25, 0.3) is 5.91 Å². The molecular formula is C22H24N8O3. The molecule has 0 aromatic carbocycles. The van der Waals surface area contributed by atoms with Crippen LogP contribution in [-0.2, 0) is 11.8 Å². The van der Waals surface area contributed by atoms with Gasteiger partial charge in [-0.2, -0.15) is 5.10 Å². The normalized spacial score (nSPS) is 15.3. The van der Waals surface area contributed by atoms with Gasteiger partial charge in [-0.15, -0.1) is 0 Å². The van der Waals surface area contributed by atoms with Crippen molar-refractivity contribution in [3.8, 4) is 22.8 Å². The standard InChI is InChI=1S/C17H15N7O.C5H9NO2/c1-11-10-16(22-24(11)2)21-17-18-8-6-14(20-17)12-4-3-5-13(19-12)15-7-9-25-23-15;1-6-3-2-4(7)5(6)8/h3-10H,1-2H3,(H,18,20,21,22);4,7H,2-3H2,1H3. The first-order valence-corrected chi connectivity index (χ1v) is 10.3. The van der Waals surface area contributed by atoms with Crippen molar-refractivity contribution in [3.05, 3.63) is 54.6 Å². The highest BCUT2D eigenvalue weighted by Gasteiger charge is 2.26. The number of aromatic nitrogens is 6. The van der Waals surface area contributed by atoms with Gasteiger partial charge >= 0.3 is 0 Å². The number of likely N-dealkylation sites (tertiary alicyclic amines) is 1. The molecule has 4 aromatic heterocycles. The van der Waals surface area contributed by atoms with E-state index >= 15 is 0 Å². The monoisotopic (exact) mass is 448 g/mol. The number of aliphatic hydroxyl groups is 1. The van der Waals surface area contributed by atoms with Crippen LogP contribution in [-0.4, -0.2) is 65.5 Å². The van der Waals surface area contributed by atoms with Crippen molar-refractivity contribution >= 4 is 17.7 Å². The van der Waals surface area contributed by atoms with Gasteiger partial charge in [-0.3, -0.25) is 9.48 Å². The summed E-state index contributed by atoms with van der Waals surface area (Å²) in [5.41, 5.74) is 3.87. The fourth-order valence-corrected chi connectivity index (χ4v) is 3.17. The van der Waals surface area contributed by atoms with Crippen LogP contribution in [0, 0.1) is 6.92 Å². The third-order valence-corrected chi connectivity index (χ3v) is 5.12. The largest absolute Gasteiger partial charge is 0.383 e.